The van der Waals surface area contributed by atoms with Gasteiger partial charge in [0.25, 0.3) is 0 Å². The zero-order valence-corrected chi connectivity index (χ0v) is 15.9. The Labute approximate surface area is 167 Å². The van der Waals surface area contributed by atoms with Crippen LogP contribution >= 0.6 is 0 Å². The summed E-state index contributed by atoms with van der Waals surface area (Å²) in [6, 6.07) is 13.5. The summed E-state index contributed by atoms with van der Waals surface area (Å²) in [5, 5.41) is 10.4. The van der Waals surface area contributed by atoms with Crippen molar-refractivity contribution < 1.29 is 9.21 Å². The van der Waals surface area contributed by atoms with E-state index in [1.165, 1.54) is 11.4 Å². The number of carbonyl (C=O) groups is 1. The Morgan fingerprint density at radius 2 is 2.00 bits per heavy atom. The van der Waals surface area contributed by atoms with E-state index < -0.39 is 0 Å². The van der Waals surface area contributed by atoms with E-state index in [2.05, 4.69) is 25.7 Å². The number of furan rings is 1. The molecule has 1 amide bonds. The number of carbonyl (C=O) groups excluding carboxylic acids is 1. The Hall–Kier alpha value is -3.72. The van der Waals surface area contributed by atoms with Crippen molar-refractivity contribution in [2.75, 3.05) is 18.8 Å². The average molecular weight is 391 g/mol. The Balaban J connectivity index is 1.48. The van der Waals surface area contributed by atoms with Gasteiger partial charge in [-0.15, -0.1) is 5.10 Å². The summed E-state index contributed by atoms with van der Waals surface area (Å²) in [6.45, 7) is 3.54. The molecular weight excluding hydrogens is 370 g/mol. The minimum absolute atomic E-state index is 0.0242. The predicted molar refractivity (Wildman–Crippen MR) is 109 cm³/mol. The monoisotopic (exact) mass is 391 g/mol. The molecule has 0 aliphatic heterocycles. The van der Waals surface area contributed by atoms with Crippen LogP contribution in [-0.4, -0.2) is 38.6 Å². The number of aromatic nitrogens is 4. The van der Waals surface area contributed by atoms with E-state index in [9.17, 15) is 4.79 Å². The van der Waals surface area contributed by atoms with Crippen molar-refractivity contribution in [3.63, 3.8) is 0 Å². The van der Waals surface area contributed by atoms with Gasteiger partial charge in [-0.25, -0.2) is 9.97 Å². The molecule has 0 bridgehead atoms. The van der Waals surface area contributed by atoms with Crippen molar-refractivity contribution in [1.82, 2.24) is 30.2 Å². The molecule has 9 nitrogen and oxygen atoms in total. The number of hydrogen-bond donors (Lipinski definition) is 3. The van der Waals surface area contributed by atoms with E-state index in [4.69, 9.17) is 10.2 Å². The third kappa shape index (κ3) is 4.25. The lowest BCUT2D eigenvalue weighted by atomic mass is 10.1. The molecule has 0 unspecified atom stereocenters. The maximum Gasteiger partial charge on any atom is 0.223 e. The lowest BCUT2D eigenvalue weighted by Crippen LogP contribution is -2.29. The SMILES string of the molecule is CC(=O)NCCNCc1ccc(-c2cc3nc(-c4ccco4)nn3c(N)n2)cc1. The highest BCUT2D eigenvalue weighted by atomic mass is 16.3. The fraction of sp³-hybridized carbons (Fsp3) is 0.200. The molecule has 0 saturated carbocycles. The smallest absolute Gasteiger partial charge is 0.223 e. The normalized spacial score (nSPS) is 11.1. The van der Waals surface area contributed by atoms with Crippen LogP contribution in [0.25, 0.3) is 28.5 Å². The third-order valence-corrected chi connectivity index (χ3v) is 4.35. The number of nitrogen functional groups attached to an aromatic ring is 1. The second-order valence-corrected chi connectivity index (χ2v) is 6.54. The van der Waals surface area contributed by atoms with Gasteiger partial charge >= 0.3 is 0 Å². The molecule has 0 aliphatic rings. The van der Waals surface area contributed by atoms with Crippen molar-refractivity contribution in [3.8, 4) is 22.8 Å². The molecule has 0 aliphatic carbocycles. The van der Waals surface area contributed by atoms with Gasteiger partial charge in [0.1, 0.15) is 0 Å². The molecule has 1 aromatic carbocycles. The molecule has 0 atom stereocenters. The summed E-state index contributed by atoms with van der Waals surface area (Å²) in [5.41, 5.74) is 9.47. The molecule has 0 spiro atoms. The molecule has 3 heterocycles. The van der Waals surface area contributed by atoms with E-state index in [1.807, 2.05) is 30.3 Å². The van der Waals surface area contributed by atoms with E-state index >= 15 is 0 Å². The molecule has 0 radical (unpaired) electrons. The van der Waals surface area contributed by atoms with Crippen molar-refractivity contribution in [1.29, 1.82) is 0 Å². The highest BCUT2D eigenvalue weighted by Gasteiger charge is 2.13. The molecule has 29 heavy (non-hydrogen) atoms. The minimum atomic E-state index is -0.0242. The number of fused-ring (bicyclic) bond motifs is 1. The topological polar surface area (TPSA) is 123 Å². The predicted octanol–water partition coefficient (Wildman–Crippen LogP) is 1.86. The van der Waals surface area contributed by atoms with Crippen molar-refractivity contribution in [2.45, 2.75) is 13.5 Å². The highest BCUT2D eigenvalue weighted by Crippen LogP contribution is 2.23. The second-order valence-electron chi connectivity index (χ2n) is 6.54. The van der Waals surface area contributed by atoms with Crippen molar-refractivity contribution in [3.05, 3.63) is 54.3 Å². The van der Waals surface area contributed by atoms with Gasteiger partial charge < -0.3 is 20.8 Å². The number of nitrogens with one attached hydrogen (secondary N) is 2. The van der Waals surface area contributed by atoms with Gasteiger partial charge in [0.15, 0.2) is 11.4 Å². The molecule has 9 heteroatoms. The van der Waals surface area contributed by atoms with Gasteiger partial charge in [-0.2, -0.15) is 4.52 Å². The number of benzene rings is 1. The second kappa shape index (κ2) is 8.11. The van der Waals surface area contributed by atoms with Gasteiger partial charge in [0.2, 0.25) is 17.7 Å². The Kier molecular flexibility index (Phi) is 5.21. The zero-order chi connectivity index (χ0) is 20.2. The van der Waals surface area contributed by atoms with Gasteiger partial charge in [0.05, 0.1) is 12.0 Å². The number of hydrogen-bond acceptors (Lipinski definition) is 7. The van der Waals surface area contributed by atoms with Crippen LogP contribution in [0.3, 0.4) is 0 Å². The summed E-state index contributed by atoms with van der Waals surface area (Å²) in [5.74, 6) is 1.27. The molecule has 3 aromatic heterocycles. The van der Waals surface area contributed by atoms with Crippen LogP contribution in [-0.2, 0) is 11.3 Å². The van der Waals surface area contributed by atoms with Crippen LogP contribution < -0.4 is 16.4 Å². The van der Waals surface area contributed by atoms with Gasteiger partial charge in [-0.1, -0.05) is 24.3 Å². The lowest BCUT2D eigenvalue weighted by molar-refractivity contribution is -0.118. The Bertz CT molecular complexity index is 1120. The Morgan fingerprint density at radius 3 is 2.72 bits per heavy atom. The minimum Gasteiger partial charge on any atom is -0.461 e. The molecule has 0 saturated heterocycles. The first-order chi connectivity index (χ1) is 14.1. The molecule has 4 rings (SSSR count). The van der Waals surface area contributed by atoms with Crippen LogP contribution in [0.5, 0.6) is 0 Å². The van der Waals surface area contributed by atoms with E-state index in [1.54, 1.807) is 18.4 Å². The van der Waals surface area contributed by atoms with E-state index in [-0.39, 0.29) is 11.9 Å². The van der Waals surface area contributed by atoms with Crippen LogP contribution in [0, 0.1) is 0 Å². The fourth-order valence-corrected chi connectivity index (χ4v) is 2.92. The summed E-state index contributed by atoms with van der Waals surface area (Å²) in [6.07, 6.45) is 1.57. The van der Waals surface area contributed by atoms with Crippen molar-refractivity contribution in [2.24, 2.45) is 0 Å². The first-order valence-corrected chi connectivity index (χ1v) is 9.22. The van der Waals surface area contributed by atoms with Crippen LogP contribution in [0.15, 0.2) is 53.1 Å². The largest absolute Gasteiger partial charge is 0.461 e. The van der Waals surface area contributed by atoms with Gasteiger partial charge in [-0.3, -0.25) is 4.79 Å². The third-order valence-electron chi connectivity index (χ3n) is 4.35. The molecule has 148 valence electrons. The van der Waals surface area contributed by atoms with Crippen LogP contribution in [0.2, 0.25) is 0 Å². The Morgan fingerprint density at radius 1 is 1.17 bits per heavy atom. The number of amides is 1. The molecular formula is C20H21N7O2. The summed E-state index contributed by atoms with van der Waals surface area (Å²) < 4.78 is 6.84. The average Bonchev–Trinajstić information content (AvgIpc) is 3.38. The van der Waals surface area contributed by atoms with E-state index in [0.717, 1.165) is 16.8 Å². The van der Waals surface area contributed by atoms with Crippen LogP contribution in [0.4, 0.5) is 5.95 Å². The summed E-state index contributed by atoms with van der Waals surface area (Å²) >= 11 is 0. The highest BCUT2D eigenvalue weighted by molar-refractivity contribution is 5.72. The number of nitrogens with two attached hydrogens (primary N) is 1. The summed E-state index contributed by atoms with van der Waals surface area (Å²) in [4.78, 5) is 19.8. The maximum atomic E-state index is 10.8. The molecule has 4 aromatic rings. The first kappa shape index (κ1) is 18.6. The number of anilines is 1. The molecule has 4 N–H and O–H groups in total. The summed E-state index contributed by atoms with van der Waals surface area (Å²) in [7, 11) is 0. The number of nitrogens with zero attached hydrogens (tertiary/aromatic N) is 4. The van der Waals surface area contributed by atoms with Gasteiger partial charge in [0, 0.05) is 38.2 Å². The quantitative estimate of drug-likeness (QED) is 0.411. The lowest BCUT2D eigenvalue weighted by Gasteiger charge is -2.07. The fourth-order valence-electron chi connectivity index (χ4n) is 2.92. The number of rotatable bonds is 7. The van der Waals surface area contributed by atoms with Crippen LogP contribution in [0.1, 0.15) is 12.5 Å². The first-order valence-electron chi connectivity index (χ1n) is 9.22. The van der Waals surface area contributed by atoms with E-state index in [0.29, 0.717) is 36.9 Å². The maximum absolute atomic E-state index is 10.8. The molecule has 0 fully saturated rings. The van der Waals surface area contributed by atoms with Gasteiger partial charge in [-0.05, 0) is 17.7 Å². The zero-order valence-electron chi connectivity index (χ0n) is 15.9. The van der Waals surface area contributed by atoms with Crippen molar-refractivity contribution >= 4 is 17.5 Å². The standard InChI is InChI=1S/C20H21N7O2/c1-13(28)23-9-8-22-12-14-4-6-15(7-5-14)16-11-18-25-19(17-3-2-10-29-17)26-27(18)20(21)24-16/h2-7,10-11,22H,8-9,12H2,1H3,(H2,21,24)(H,23,28).